The van der Waals surface area contributed by atoms with Gasteiger partial charge in [-0.25, -0.2) is 4.39 Å². The molecule has 6 heteroatoms. The fraction of sp³-hybridized carbons (Fsp3) is 0.538. The summed E-state index contributed by atoms with van der Waals surface area (Å²) in [6, 6.07) is 2.80. The van der Waals surface area contributed by atoms with Gasteiger partial charge in [-0.2, -0.15) is 11.8 Å². The van der Waals surface area contributed by atoms with Gasteiger partial charge in [0, 0.05) is 23.4 Å². The van der Waals surface area contributed by atoms with Crippen molar-refractivity contribution >= 4 is 23.1 Å². The normalized spacial score (nSPS) is 13.9. The molecule has 0 aliphatic heterocycles. The predicted octanol–water partition coefficient (Wildman–Crippen LogP) is 2.33. The minimum absolute atomic E-state index is 0.00207. The van der Waals surface area contributed by atoms with Crippen LogP contribution < -0.4 is 15.8 Å². The number of rotatable bonds is 7. The third kappa shape index (κ3) is 4.18. The molecule has 0 aliphatic carbocycles. The Morgan fingerprint density at radius 2 is 2.21 bits per heavy atom. The average Bonchev–Trinajstić information content (AvgIpc) is 2.37. The summed E-state index contributed by atoms with van der Waals surface area (Å²) in [4.78, 5) is 0. The Labute approximate surface area is 117 Å². The van der Waals surface area contributed by atoms with E-state index in [2.05, 4.69) is 5.32 Å². The number of benzene rings is 1. The molecule has 4 N–H and O–H groups in total. The van der Waals surface area contributed by atoms with Gasteiger partial charge < -0.3 is 20.9 Å². The van der Waals surface area contributed by atoms with Gasteiger partial charge in [0.25, 0.3) is 0 Å². The maximum absolute atomic E-state index is 13.6. The van der Waals surface area contributed by atoms with E-state index < -0.39 is 5.82 Å². The summed E-state index contributed by atoms with van der Waals surface area (Å²) < 4.78 is 18.8. The Bertz CT molecular complexity index is 414. The van der Waals surface area contributed by atoms with Crippen molar-refractivity contribution in [1.29, 1.82) is 0 Å². The summed E-state index contributed by atoms with van der Waals surface area (Å²) in [6.07, 6.45) is 1.93. The van der Waals surface area contributed by atoms with Crippen LogP contribution >= 0.6 is 11.8 Å². The van der Waals surface area contributed by atoms with Crippen molar-refractivity contribution in [3.63, 3.8) is 0 Å². The highest BCUT2D eigenvalue weighted by Crippen LogP contribution is 2.29. The maximum atomic E-state index is 13.6. The van der Waals surface area contributed by atoms with Gasteiger partial charge in [-0.15, -0.1) is 0 Å². The van der Waals surface area contributed by atoms with Gasteiger partial charge in [0.05, 0.1) is 24.6 Å². The Hall–Kier alpha value is -1.14. The smallest absolute Gasteiger partial charge is 0.167 e. The third-order valence-corrected chi connectivity index (χ3v) is 3.99. The molecule has 0 aliphatic rings. The second-order valence-electron chi connectivity index (χ2n) is 4.19. The third-order valence-electron chi connectivity index (χ3n) is 2.83. The molecule has 1 rings (SSSR count). The molecule has 2 atom stereocenters. The number of aliphatic hydroxyl groups excluding tert-OH is 1. The number of ether oxygens (including phenoxy) is 1. The van der Waals surface area contributed by atoms with Crippen molar-refractivity contribution in [3.8, 4) is 5.75 Å². The summed E-state index contributed by atoms with van der Waals surface area (Å²) >= 11 is 1.56. The van der Waals surface area contributed by atoms with E-state index in [9.17, 15) is 9.50 Å². The van der Waals surface area contributed by atoms with Crippen molar-refractivity contribution in [2.45, 2.75) is 25.1 Å². The summed E-state index contributed by atoms with van der Waals surface area (Å²) in [5.41, 5.74) is 6.73. The highest BCUT2D eigenvalue weighted by Gasteiger charge is 2.17. The Kier molecular flexibility index (Phi) is 6.24. The average molecular weight is 288 g/mol. The van der Waals surface area contributed by atoms with Gasteiger partial charge in [0.2, 0.25) is 0 Å². The molecule has 0 aromatic heterocycles. The second kappa shape index (κ2) is 7.45. The molecule has 0 bridgehead atoms. The molecule has 108 valence electrons. The number of aliphatic hydroxyl groups is 1. The quantitative estimate of drug-likeness (QED) is 0.672. The largest absolute Gasteiger partial charge is 0.491 e. The van der Waals surface area contributed by atoms with E-state index in [0.29, 0.717) is 18.0 Å². The van der Waals surface area contributed by atoms with E-state index in [-0.39, 0.29) is 23.6 Å². The second-order valence-corrected chi connectivity index (χ2v) is 5.27. The van der Waals surface area contributed by atoms with Crippen LogP contribution in [0.4, 0.5) is 15.8 Å². The minimum Gasteiger partial charge on any atom is -0.491 e. The van der Waals surface area contributed by atoms with Gasteiger partial charge in [-0.05, 0) is 20.1 Å². The van der Waals surface area contributed by atoms with Crippen LogP contribution in [0.1, 0.15) is 13.8 Å². The molecule has 19 heavy (non-hydrogen) atoms. The zero-order valence-electron chi connectivity index (χ0n) is 11.4. The van der Waals surface area contributed by atoms with E-state index in [0.717, 1.165) is 0 Å². The number of thioether (sulfide) groups is 1. The summed E-state index contributed by atoms with van der Waals surface area (Å²) in [6.45, 7) is 4.19. The number of anilines is 2. The number of nitrogens with two attached hydrogens (primary N) is 1. The molecular formula is C13H21FN2O2S. The number of nitrogens with one attached hydrogen (secondary N) is 1. The Morgan fingerprint density at radius 3 is 2.74 bits per heavy atom. The van der Waals surface area contributed by atoms with Crippen LogP contribution in [0.25, 0.3) is 0 Å². The molecule has 1 aromatic carbocycles. The van der Waals surface area contributed by atoms with Crippen molar-refractivity contribution < 1.29 is 14.2 Å². The molecule has 2 unspecified atom stereocenters. The number of halogens is 1. The first kappa shape index (κ1) is 15.9. The summed E-state index contributed by atoms with van der Waals surface area (Å²) in [5.74, 6) is -0.294. The molecular weight excluding hydrogens is 267 g/mol. The summed E-state index contributed by atoms with van der Waals surface area (Å²) in [7, 11) is 0. The van der Waals surface area contributed by atoms with E-state index in [1.54, 1.807) is 24.8 Å². The molecule has 0 amide bonds. The van der Waals surface area contributed by atoms with E-state index in [4.69, 9.17) is 10.5 Å². The molecule has 0 saturated carbocycles. The monoisotopic (exact) mass is 288 g/mol. The fourth-order valence-corrected chi connectivity index (χ4v) is 2.36. The summed E-state index contributed by atoms with van der Waals surface area (Å²) in [5, 5.41) is 12.5. The first-order valence-corrected chi connectivity index (χ1v) is 7.44. The first-order valence-electron chi connectivity index (χ1n) is 6.15. The zero-order valence-corrected chi connectivity index (χ0v) is 12.3. The van der Waals surface area contributed by atoms with Crippen molar-refractivity contribution in [3.05, 3.63) is 17.9 Å². The lowest BCUT2D eigenvalue weighted by atomic mass is 10.2. The highest BCUT2D eigenvalue weighted by atomic mass is 32.2. The Morgan fingerprint density at radius 1 is 1.53 bits per heavy atom. The molecule has 1 aromatic rings. The molecule has 0 spiro atoms. The molecule has 0 radical (unpaired) electrons. The molecule has 0 fully saturated rings. The lowest BCUT2D eigenvalue weighted by molar-refractivity contribution is 0.288. The minimum atomic E-state index is -0.471. The predicted molar refractivity (Wildman–Crippen MR) is 79.5 cm³/mol. The van der Waals surface area contributed by atoms with Crippen LogP contribution in [0.5, 0.6) is 5.75 Å². The zero-order chi connectivity index (χ0) is 14.4. The van der Waals surface area contributed by atoms with Crippen LogP contribution in [0.15, 0.2) is 12.1 Å². The number of hydrogen-bond acceptors (Lipinski definition) is 5. The van der Waals surface area contributed by atoms with Crippen LogP contribution in [0.2, 0.25) is 0 Å². The molecule has 4 nitrogen and oxygen atoms in total. The lowest BCUT2D eigenvalue weighted by Gasteiger charge is -2.23. The van der Waals surface area contributed by atoms with Gasteiger partial charge in [0.1, 0.15) is 0 Å². The first-order chi connectivity index (χ1) is 9.03. The Balaban J connectivity index is 2.90. The van der Waals surface area contributed by atoms with Crippen LogP contribution in [0, 0.1) is 5.82 Å². The SMILES string of the molecule is CCOc1cc(NC(C)C(CO)SC)c(N)cc1F. The standard InChI is InChI=1S/C13H21FN2O2S/c1-4-18-12-6-11(10(15)5-9(12)14)16-8(2)13(7-17)19-3/h5-6,8,13,16-17H,4,7,15H2,1-3H3. The molecule has 0 heterocycles. The van der Waals surface area contributed by atoms with Crippen molar-refractivity contribution in [1.82, 2.24) is 0 Å². The van der Waals surface area contributed by atoms with Crippen LogP contribution in [-0.2, 0) is 0 Å². The molecule has 0 saturated heterocycles. The maximum Gasteiger partial charge on any atom is 0.167 e. The lowest BCUT2D eigenvalue weighted by Crippen LogP contribution is -2.31. The van der Waals surface area contributed by atoms with Gasteiger partial charge >= 0.3 is 0 Å². The van der Waals surface area contributed by atoms with E-state index in [1.807, 2.05) is 13.2 Å². The number of hydrogen-bond donors (Lipinski definition) is 3. The highest BCUT2D eigenvalue weighted by molar-refractivity contribution is 7.99. The van der Waals surface area contributed by atoms with Gasteiger partial charge in [-0.1, -0.05) is 0 Å². The topological polar surface area (TPSA) is 67.5 Å². The van der Waals surface area contributed by atoms with E-state index in [1.165, 1.54) is 6.07 Å². The van der Waals surface area contributed by atoms with Gasteiger partial charge in [0.15, 0.2) is 11.6 Å². The fourth-order valence-electron chi connectivity index (χ4n) is 1.73. The van der Waals surface area contributed by atoms with Crippen molar-refractivity contribution in [2.75, 3.05) is 30.5 Å². The van der Waals surface area contributed by atoms with Crippen molar-refractivity contribution in [2.24, 2.45) is 0 Å². The van der Waals surface area contributed by atoms with Crippen LogP contribution in [0.3, 0.4) is 0 Å². The van der Waals surface area contributed by atoms with Crippen LogP contribution in [-0.4, -0.2) is 35.9 Å². The van der Waals surface area contributed by atoms with Gasteiger partial charge in [-0.3, -0.25) is 0 Å². The van der Waals surface area contributed by atoms with E-state index >= 15 is 0 Å². The number of nitrogen functional groups attached to an aromatic ring is 1.